The van der Waals surface area contributed by atoms with E-state index in [2.05, 4.69) is 4.98 Å². The fraction of sp³-hybridized carbons (Fsp3) is 0.444. The Kier molecular flexibility index (Phi) is 2.92. The predicted molar refractivity (Wildman–Crippen MR) is 55.5 cm³/mol. The van der Waals surface area contributed by atoms with Crippen LogP contribution in [0.4, 0.5) is 4.39 Å². The summed E-state index contributed by atoms with van der Waals surface area (Å²) < 4.78 is 38.4. The molecule has 1 aliphatic rings. The minimum atomic E-state index is -3.84. The fourth-order valence-electron chi connectivity index (χ4n) is 1.66. The highest BCUT2D eigenvalue weighted by atomic mass is 32.2. The lowest BCUT2D eigenvalue weighted by molar-refractivity contribution is 0.460. The van der Waals surface area contributed by atoms with Gasteiger partial charge in [0, 0.05) is 25.3 Å². The van der Waals surface area contributed by atoms with E-state index in [4.69, 9.17) is 5.73 Å². The van der Waals surface area contributed by atoms with Crippen molar-refractivity contribution in [3.8, 4) is 0 Å². The first-order chi connectivity index (χ1) is 7.51. The summed E-state index contributed by atoms with van der Waals surface area (Å²) in [5, 5.41) is -0.524. The third-order valence-corrected chi connectivity index (χ3v) is 4.30. The third-order valence-electron chi connectivity index (χ3n) is 2.50. The predicted octanol–water partition coefficient (Wildman–Crippen LogP) is -0.0576. The molecule has 7 heteroatoms. The summed E-state index contributed by atoms with van der Waals surface area (Å²) in [6.45, 7) is 0.540. The second-order valence-electron chi connectivity index (χ2n) is 3.70. The summed E-state index contributed by atoms with van der Waals surface area (Å²) in [5.74, 6) is -0.831. The molecule has 1 aromatic rings. The van der Waals surface area contributed by atoms with Crippen LogP contribution in [0.25, 0.3) is 0 Å². The van der Waals surface area contributed by atoms with E-state index in [0.717, 1.165) is 6.07 Å². The van der Waals surface area contributed by atoms with Gasteiger partial charge < -0.3 is 5.73 Å². The number of pyridine rings is 1. The van der Waals surface area contributed by atoms with Crippen LogP contribution in [-0.2, 0) is 10.0 Å². The molecule has 1 atom stereocenters. The van der Waals surface area contributed by atoms with E-state index in [1.165, 1.54) is 16.6 Å². The quantitative estimate of drug-likeness (QED) is 0.792. The Morgan fingerprint density at radius 2 is 2.31 bits per heavy atom. The molecule has 2 rings (SSSR count). The summed E-state index contributed by atoms with van der Waals surface area (Å²) in [6, 6.07) is 2.25. The summed E-state index contributed by atoms with van der Waals surface area (Å²) in [6.07, 6.45) is 1.85. The van der Waals surface area contributed by atoms with Crippen LogP contribution >= 0.6 is 0 Å². The first kappa shape index (κ1) is 11.4. The maximum Gasteiger partial charge on any atom is 0.263 e. The highest BCUT2D eigenvalue weighted by molar-refractivity contribution is 7.89. The van der Waals surface area contributed by atoms with Crippen molar-refractivity contribution in [3.63, 3.8) is 0 Å². The normalized spacial score (nSPS) is 22.5. The zero-order valence-electron chi connectivity index (χ0n) is 8.51. The van der Waals surface area contributed by atoms with Crippen LogP contribution in [0, 0.1) is 5.82 Å². The van der Waals surface area contributed by atoms with Gasteiger partial charge in [-0.1, -0.05) is 0 Å². The maximum atomic E-state index is 13.3. The second-order valence-corrected chi connectivity index (χ2v) is 5.56. The summed E-state index contributed by atoms with van der Waals surface area (Å²) in [5.41, 5.74) is 5.62. The summed E-state index contributed by atoms with van der Waals surface area (Å²) in [7, 11) is -3.84. The average molecular weight is 245 g/mol. The lowest BCUT2D eigenvalue weighted by Crippen LogP contribution is -2.32. The number of rotatable bonds is 2. The van der Waals surface area contributed by atoms with Crippen LogP contribution < -0.4 is 5.73 Å². The molecule has 2 heterocycles. The Morgan fingerprint density at radius 1 is 1.56 bits per heavy atom. The average Bonchev–Trinajstić information content (AvgIpc) is 2.66. The number of hydrogen-bond donors (Lipinski definition) is 1. The molecule has 88 valence electrons. The van der Waals surface area contributed by atoms with E-state index in [-0.39, 0.29) is 12.6 Å². The van der Waals surface area contributed by atoms with E-state index in [1.54, 1.807) is 0 Å². The van der Waals surface area contributed by atoms with Gasteiger partial charge in [-0.15, -0.1) is 0 Å². The minimum Gasteiger partial charge on any atom is -0.326 e. The van der Waals surface area contributed by atoms with Crippen LogP contribution in [0.2, 0.25) is 0 Å². The molecule has 1 aromatic heterocycles. The van der Waals surface area contributed by atoms with Crippen LogP contribution in [0.1, 0.15) is 6.42 Å². The largest absolute Gasteiger partial charge is 0.326 e. The molecule has 1 aliphatic heterocycles. The van der Waals surface area contributed by atoms with Crippen LogP contribution in [-0.4, -0.2) is 36.8 Å². The second kappa shape index (κ2) is 4.08. The smallest absolute Gasteiger partial charge is 0.263 e. The fourth-order valence-corrected chi connectivity index (χ4v) is 3.14. The number of hydrogen-bond acceptors (Lipinski definition) is 4. The van der Waals surface area contributed by atoms with E-state index in [0.29, 0.717) is 13.0 Å². The molecule has 5 nitrogen and oxygen atoms in total. The van der Waals surface area contributed by atoms with Crippen LogP contribution in [0.5, 0.6) is 0 Å². The third kappa shape index (κ3) is 1.93. The van der Waals surface area contributed by atoms with Gasteiger partial charge in [-0.2, -0.15) is 4.31 Å². The Hall–Kier alpha value is -1.05. The molecule has 2 N–H and O–H groups in total. The van der Waals surface area contributed by atoms with E-state index < -0.39 is 20.9 Å². The SMILES string of the molecule is N[C@H]1CCN(S(=O)(=O)c2ncccc2F)C1. The molecule has 0 amide bonds. The van der Waals surface area contributed by atoms with Crippen molar-refractivity contribution in [2.24, 2.45) is 5.73 Å². The first-order valence-corrected chi connectivity index (χ1v) is 6.32. The molecule has 0 aromatic carbocycles. The van der Waals surface area contributed by atoms with Gasteiger partial charge in [0.25, 0.3) is 10.0 Å². The molecule has 16 heavy (non-hydrogen) atoms. The van der Waals surface area contributed by atoms with Gasteiger partial charge in [0.1, 0.15) is 0 Å². The molecule has 0 saturated carbocycles. The van der Waals surface area contributed by atoms with Gasteiger partial charge in [-0.25, -0.2) is 17.8 Å². The standard InChI is InChI=1S/C9H12FN3O2S/c10-8-2-1-4-12-9(8)16(14,15)13-5-3-7(11)6-13/h1-2,4,7H,3,5-6,11H2/t7-/m0/s1. The zero-order chi connectivity index (χ0) is 11.8. The number of nitrogens with zero attached hydrogens (tertiary/aromatic N) is 2. The Bertz CT molecular complexity index is 491. The van der Waals surface area contributed by atoms with Crippen molar-refractivity contribution in [2.45, 2.75) is 17.5 Å². The lowest BCUT2D eigenvalue weighted by Gasteiger charge is -2.15. The van der Waals surface area contributed by atoms with Gasteiger partial charge in [0.05, 0.1) is 0 Å². The van der Waals surface area contributed by atoms with Crippen LogP contribution in [0.15, 0.2) is 23.4 Å². The molecule has 0 radical (unpaired) electrons. The Labute approximate surface area is 93.1 Å². The highest BCUT2D eigenvalue weighted by Crippen LogP contribution is 2.20. The Morgan fingerprint density at radius 3 is 2.88 bits per heavy atom. The van der Waals surface area contributed by atoms with E-state index in [1.807, 2.05) is 0 Å². The monoisotopic (exact) mass is 245 g/mol. The minimum absolute atomic E-state index is 0.179. The topological polar surface area (TPSA) is 76.3 Å². The molecular formula is C9H12FN3O2S. The van der Waals surface area contributed by atoms with Gasteiger partial charge in [0.2, 0.25) is 5.03 Å². The lowest BCUT2D eigenvalue weighted by atomic mass is 10.3. The van der Waals surface area contributed by atoms with Gasteiger partial charge in [0.15, 0.2) is 5.82 Å². The van der Waals surface area contributed by atoms with Crippen molar-refractivity contribution in [3.05, 3.63) is 24.1 Å². The molecule has 1 saturated heterocycles. The first-order valence-electron chi connectivity index (χ1n) is 4.88. The molecule has 0 spiro atoms. The highest BCUT2D eigenvalue weighted by Gasteiger charge is 2.33. The van der Waals surface area contributed by atoms with Gasteiger partial charge in [-0.05, 0) is 18.6 Å². The van der Waals surface area contributed by atoms with Gasteiger partial charge >= 0.3 is 0 Å². The van der Waals surface area contributed by atoms with Crippen molar-refractivity contribution in [1.82, 2.24) is 9.29 Å². The number of halogens is 1. The van der Waals surface area contributed by atoms with Gasteiger partial charge in [-0.3, -0.25) is 0 Å². The summed E-state index contributed by atoms with van der Waals surface area (Å²) in [4.78, 5) is 3.57. The van der Waals surface area contributed by atoms with Crippen LogP contribution in [0.3, 0.4) is 0 Å². The molecular weight excluding hydrogens is 233 g/mol. The molecule has 0 aliphatic carbocycles. The molecule has 1 fully saturated rings. The number of aromatic nitrogens is 1. The number of sulfonamides is 1. The Balaban J connectivity index is 2.36. The van der Waals surface area contributed by atoms with Crippen molar-refractivity contribution in [2.75, 3.05) is 13.1 Å². The van der Waals surface area contributed by atoms with E-state index in [9.17, 15) is 12.8 Å². The van der Waals surface area contributed by atoms with Crippen molar-refractivity contribution in [1.29, 1.82) is 0 Å². The maximum absolute atomic E-state index is 13.3. The van der Waals surface area contributed by atoms with Crippen molar-refractivity contribution >= 4 is 10.0 Å². The zero-order valence-corrected chi connectivity index (χ0v) is 9.32. The molecule has 0 bridgehead atoms. The van der Waals surface area contributed by atoms with E-state index >= 15 is 0 Å². The summed E-state index contributed by atoms with van der Waals surface area (Å²) >= 11 is 0. The molecule has 0 unspecified atom stereocenters. The van der Waals surface area contributed by atoms with Crippen molar-refractivity contribution < 1.29 is 12.8 Å². The number of nitrogens with two attached hydrogens (primary N) is 1.